The van der Waals surface area contributed by atoms with Gasteiger partial charge in [-0.25, -0.2) is 13.1 Å². The molecular weight excluding hydrogens is 434 g/mol. The molecule has 0 saturated heterocycles. The molecule has 3 saturated carbocycles. The van der Waals surface area contributed by atoms with Gasteiger partial charge in [-0.05, 0) is 86.0 Å². The highest BCUT2D eigenvalue weighted by Gasteiger charge is 2.60. The monoisotopic (exact) mass is 467 g/mol. The van der Waals surface area contributed by atoms with Crippen molar-refractivity contribution in [2.24, 2.45) is 28.6 Å². The Morgan fingerprint density at radius 1 is 1.12 bits per heavy atom. The van der Waals surface area contributed by atoms with Crippen molar-refractivity contribution in [3.63, 3.8) is 0 Å². The quantitative estimate of drug-likeness (QED) is 0.731. The zero-order valence-electron chi connectivity index (χ0n) is 19.6. The molecule has 33 heavy (non-hydrogen) atoms. The first-order valence-corrected chi connectivity index (χ1v) is 13.6. The molecule has 5 rings (SSSR count). The van der Waals surface area contributed by atoms with Crippen molar-refractivity contribution in [1.29, 1.82) is 5.26 Å². The lowest BCUT2D eigenvalue weighted by atomic mass is 9.48. The average Bonchev–Trinajstić information content (AvgIpc) is 3.12. The minimum Gasteiger partial charge on any atom is -0.338 e. The molecule has 6 nitrogen and oxygen atoms in total. The van der Waals surface area contributed by atoms with E-state index < -0.39 is 10.0 Å². The summed E-state index contributed by atoms with van der Waals surface area (Å²) in [6, 6.07) is 8.43. The topological polar surface area (TPSA) is 90.3 Å². The van der Waals surface area contributed by atoms with Crippen LogP contribution in [0.3, 0.4) is 0 Å². The van der Waals surface area contributed by atoms with E-state index in [1.165, 1.54) is 6.07 Å². The van der Waals surface area contributed by atoms with E-state index in [1.807, 2.05) is 18.0 Å². The summed E-state index contributed by atoms with van der Waals surface area (Å²) in [6.45, 7) is 4.61. The zero-order valence-corrected chi connectivity index (χ0v) is 20.4. The van der Waals surface area contributed by atoms with Gasteiger partial charge in [0.25, 0.3) is 0 Å². The van der Waals surface area contributed by atoms with Crippen LogP contribution in [0.4, 0.5) is 0 Å². The van der Waals surface area contributed by atoms with Gasteiger partial charge in [0.2, 0.25) is 15.9 Å². The molecule has 7 atom stereocenters. The van der Waals surface area contributed by atoms with Gasteiger partial charge in [0.05, 0.1) is 16.5 Å². The normalized spacial score (nSPS) is 40.0. The van der Waals surface area contributed by atoms with Gasteiger partial charge in [-0.3, -0.25) is 4.79 Å². The summed E-state index contributed by atoms with van der Waals surface area (Å²) in [4.78, 5) is 14.4. The van der Waals surface area contributed by atoms with Crippen molar-refractivity contribution in [3.05, 3.63) is 42.0 Å². The molecule has 7 heteroatoms. The number of benzene rings is 1. The summed E-state index contributed by atoms with van der Waals surface area (Å²) >= 11 is 0. The first-order valence-electron chi connectivity index (χ1n) is 12.1. The second-order valence-electron chi connectivity index (χ2n) is 11.1. The molecule has 3 fully saturated rings. The van der Waals surface area contributed by atoms with Crippen LogP contribution >= 0.6 is 0 Å². The Labute approximate surface area is 197 Å². The minimum absolute atomic E-state index is 0.0117. The Morgan fingerprint density at radius 2 is 1.91 bits per heavy atom. The second-order valence-corrected chi connectivity index (χ2v) is 12.8. The first-order chi connectivity index (χ1) is 15.6. The molecule has 0 bridgehead atoms. The van der Waals surface area contributed by atoms with Crippen molar-refractivity contribution >= 4 is 15.9 Å². The van der Waals surface area contributed by atoms with E-state index in [9.17, 15) is 13.2 Å². The standard InChI is InChI=1S/C26H33N3O3S/c1-25-13-11-21-19(7-10-23-26(21,2)14-12-24(30)29(23)3)20(25)8-9-22(25)28-33(31,32)18-6-4-5-17(15-18)16-27/h4-6,12,14-15,19-23,28H,7-11,13H2,1-3H3/t19-,20-,21-,22-,23+,25-,26+/m0/s1. The Kier molecular flexibility index (Phi) is 5.26. The number of carbonyl (C=O) groups is 1. The first kappa shape index (κ1) is 22.6. The largest absolute Gasteiger partial charge is 0.338 e. The number of nitriles is 1. The number of carbonyl (C=O) groups excluding carboxylic acids is 1. The number of nitrogens with zero attached hydrogens (tertiary/aromatic N) is 2. The average molecular weight is 468 g/mol. The van der Waals surface area contributed by atoms with Crippen LogP contribution in [0.5, 0.6) is 0 Å². The third kappa shape index (κ3) is 3.37. The lowest BCUT2D eigenvalue weighted by Gasteiger charge is -2.60. The highest BCUT2D eigenvalue weighted by molar-refractivity contribution is 7.89. The lowest BCUT2D eigenvalue weighted by Crippen LogP contribution is -2.60. The number of amides is 1. The number of likely N-dealkylation sites (N-methyl/N-ethyl adjacent to an activating group) is 1. The SMILES string of the molecule is CN1C(=O)C=C[C@]2(C)[C@H]3CC[C@]4(C)[C@@H](NS(=O)(=O)c5cccc(C#N)c5)CC[C@H]4[C@@H]3CC[C@@H]12. The number of rotatable bonds is 3. The molecule has 0 unspecified atom stereocenters. The minimum atomic E-state index is -3.70. The van der Waals surface area contributed by atoms with Crippen molar-refractivity contribution in [2.45, 2.75) is 69.4 Å². The van der Waals surface area contributed by atoms with Gasteiger partial charge in [-0.15, -0.1) is 0 Å². The van der Waals surface area contributed by atoms with Gasteiger partial charge >= 0.3 is 0 Å². The van der Waals surface area contributed by atoms with Gasteiger partial charge in [0.1, 0.15) is 0 Å². The summed E-state index contributed by atoms with van der Waals surface area (Å²) in [6.07, 6.45) is 9.95. The Hall–Kier alpha value is -2.17. The number of hydrogen-bond donors (Lipinski definition) is 1. The predicted molar refractivity (Wildman–Crippen MR) is 125 cm³/mol. The molecule has 1 heterocycles. The maximum absolute atomic E-state index is 13.2. The fourth-order valence-electron chi connectivity index (χ4n) is 7.92. The number of sulfonamides is 1. The van der Waals surface area contributed by atoms with Gasteiger partial charge in [0.15, 0.2) is 0 Å². The van der Waals surface area contributed by atoms with Crippen molar-refractivity contribution in [3.8, 4) is 6.07 Å². The van der Waals surface area contributed by atoms with E-state index in [0.29, 0.717) is 23.3 Å². The smallest absolute Gasteiger partial charge is 0.246 e. The van der Waals surface area contributed by atoms with Gasteiger partial charge in [0, 0.05) is 24.5 Å². The molecule has 1 aromatic carbocycles. The summed E-state index contributed by atoms with van der Waals surface area (Å²) in [5.41, 5.74) is 0.259. The second kappa shape index (κ2) is 7.68. The number of nitrogens with one attached hydrogen (secondary N) is 1. The third-order valence-corrected chi connectivity index (χ3v) is 11.2. The molecule has 0 spiro atoms. The van der Waals surface area contributed by atoms with Crippen LogP contribution in [0, 0.1) is 39.9 Å². The number of fused-ring (bicyclic) bond motifs is 5. The molecule has 176 valence electrons. The molecule has 1 aliphatic heterocycles. The highest BCUT2D eigenvalue weighted by Crippen LogP contribution is 2.64. The van der Waals surface area contributed by atoms with Gasteiger partial charge in [-0.2, -0.15) is 5.26 Å². The molecule has 4 aliphatic rings. The molecule has 1 aromatic rings. The predicted octanol–water partition coefficient (Wildman–Crippen LogP) is 3.84. The van der Waals surface area contributed by atoms with Gasteiger partial charge in [-0.1, -0.05) is 26.0 Å². The maximum atomic E-state index is 13.2. The van der Waals surface area contributed by atoms with Crippen LogP contribution < -0.4 is 4.72 Å². The van der Waals surface area contributed by atoms with E-state index in [2.05, 4.69) is 24.6 Å². The molecule has 3 aliphatic carbocycles. The van der Waals surface area contributed by atoms with E-state index >= 15 is 0 Å². The Bertz CT molecular complexity index is 1160. The van der Waals surface area contributed by atoms with Crippen molar-refractivity contribution in [2.75, 3.05) is 7.05 Å². The highest BCUT2D eigenvalue weighted by atomic mass is 32.2. The number of hydrogen-bond acceptors (Lipinski definition) is 4. The van der Waals surface area contributed by atoms with Crippen molar-refractivity contribution in [1.82, 2.24) is 9.62 Å². The van der Waals surface area contributed by atoms with E-state index in [1.54, 1.807) is 24.3 Å². The fourth-order valence-corrected chi connectivity index (χ4v) is 9.36. The fraction of sp³-hybridized carbons (Fsp3) is 0.615. The summed E-state index contributed by atoms with van der Waals surface area (Å²) < 4.78 is 29.4. The van der Waals surface area contributed by atoms with Crippen LogP contribution in [0.2, 0.25) is 0 Å². The maximum Gasteiger partial charge on any atom is 0.246 e. The molecule has 1 amide bonds. The van der Waals surface area contributed by atoms with Crippen LogP contribution in [0.25, 0.3) is 0 Å². The summed E-state index contributed by atoms with van der Waals surface area (Å²) in [5.74, 6) is 1.65. The van der Waals surface area contributed by atoms with E-state index in [4.69, 9.17) is 5.26 Å². The Morgan fingerprint density at radius 3 is 2.67 bits per heavy atom. The summed E-state index contributed by atoms with van der Waals surface area (Å²) in [5, 5.41) is 9.16. The molecule has 0 radical (unpaired) electrons. The van der Waals surface area contributed by atoms with Crippen LogP contribution in [0.1, 0.15) is 57.9 Å². The van der Waals surface area contributed by atoms with E-state index in [0.717, 1.165) is 38.5 Å². The summed E-state index contributed by atoms with van der Waals surface area (Å²) in [7, 11) is -1.76. The zero-order chi connectivity index (χ0) is 23.6. The van der Waals surface area contributed by atoms with Crippen LogP contribution in [-0.2, 0) is 14.8 Å². The molecular formula is C26H33N3O3S. The molecule has 0 aromatic heterocycles. The van der Waals surface area contributed by atoms with E-state index in [-0.39, 0.29) is 33.7 Å². The lowest BCUT2D eigenvalue weighted by molar-refractivity contribution is -0.138. The van der Waals surface area contributed by atoms with Crippen LogP contribution in [-0.4, -0.2) is 38.4 Å². The third-order valence-electron chi connectivity index (χ3n) is 9.70. The van der Waals surface area contributed by atoms with Gasteiger partial charge < -0.3 is 4.90 Å². The molecule has 1 N–H and O–H groups in total. The van der Waals surface area contributed by atoms with Crippen molar-refractivity contribution < 1.29 is 13.2 Å². The Balaban J connectivity index is 1.39. The van der Waals surface area contributed by atoms with Crippen LogP contribution in [0.15, 0.2) is 41.3 Å².